The van der Waals surface area contributed by atoms with Gasteiger partial charge in [0.05, 0.1) is 23.3 Å². The van der Waals surface area contributed by atoms with Gasteiger partial charge in [0.1, 0.15) is 0 Å². The van der Waals surface area contributed by atoms with Gasteiger partial charge in [-0.25, -0.2) is 4.42 Å². The molecule has 0 aliphatic rings. The topological polar surface area (TPSA) is 11.3 Å². The Morgan fingerprint density at radius 2 is 0.917 bits per heavy atom. The molecule has 0 bridgehead atoms. The molecule has 4 aromatic rings. The van der Waals surface area contributed by atoms with Crippen LogP contribution in [0.5, 0.6) is 0 Å². The van der Waals surface area contributed by atoms with Gasteiger partial charge in [-0.05, 0) is 48.2 Å². The van der Waals surface area contributed by atoms with Crippen LogP contribution in [-0.2, 0) is 6.42 Å². The fourth-order valence-electron chi connectivity index (χ4n) is 4.84. The summed E-state index contributed by atoms with van der Waals surface area (Å²) in [6.45, 7) is 2.29. The van der Waals surface area contributed by atoms with Gasteiger partial charge in [0.15, 0.2) is 0 Å². The molecule has 0 unspecified atom stereocenters. The molecule has 0 aliphatic heterocycles. The molecule has 3 aromatic carbocycles. The van der Waals surface area contributed by atoms with E-state index in [-0.39, 0.29) is 0 Å². The summed E-state index contributed by atoms with van der Waals surface area (Å²) < 4.78 is 6.35. The molecule has 4 rings (SSSR count). The Morgan fingerprint density at radius 3 is 1.42 bits per heavy atom. The molecule has 1 heterocycles. The van der Waals surface area contributed by atoms with Gasteiger partial charge in [-0.1, -0.05) is 125 Å². The van der Waals surface area contributed by atoms with Gasteiger partial charge in [-0.15, -0.1) is 0 Å². The van der Waals surface area contributed by atoms with Crippen molar-refractivity contribution >= 4 is 0 Å². The molecular weight excluding hydrogens is 436 g/mol. The summed E-state index contributed by atoms with van der Waals surface area (Å²) in [5, 5.41) is 0. The lowest BCUT2D eigenvalue weighted by molar-refractivity contribution is 0.556. The zero-order chi connectivity index (χ0) is 24.8. The second-order valence-electron chi connectivity index (χ2n) is 9.94. The summed E-state index contributed by atoms with van der Waals surface area (Å²) in [6, 6.07) is 34.2. The van der Waals surface area contributed by atoms with Crippen molar-refractivity contribution in [2.75, 3.05) is 0 Å². The molecule has 0 radical (unpaired) electrons. The second kappa shape index (κ2) is 14.4. The third kappa shape index (κ3) is 7.92. The Balaban J connectivity index is 1.37. The maximum Gasteiger partial charge on any atom is 0.361 e. The molecule has 186 valence electrons. The number of rotatable bonds is 14. The van der Waals surface area contributed by atoms with Crippen LogP contribution in [0.2, 0.25) is 0 Å². The van der Waals surface area contributed by atoms with E-state index in [1.807, 2.05) is 12.1 Å². The summed E-state index contributed by atoms with van der Waals surface area (Å²) in [5.74, 6) is 1.78. The molecule has 0 fully saturated rings. The number of aryl methyl sites for hydroxylation is 1. The van der Waals surface area contributed by atoms with Crippen LogP contribution < -0.4 is 0 Å². The van der Waals surface area contributed by atoms with Gasteiger partial charge in [-0.2, -0.15) is 0 Å². The Morgan fingerprint density at radius 1 is 0.444 bits per heavy atom. The van der Waals surface area contributed by atoms with Gasteiger partial charge in [0.25, 0.3) is 0 Å². The first-order chi connectivity index (χ1) is 17.8. The molecule has 0 saturated heterocycles. The van der Waals surface area contributed by atoms with Gasteiger partial charge >= 0.3 is 11.5 Å². The Bertz CT molecular complexity index is 1090. The van der Waals surface area contributed by atoms with Gasteiger partial charge in [-0.3, -0.25) is 0 Å². The fourth-order valence-corrected chi connectivity index (χ4v) is 4.84. The largest absolute Gasteiger partial charge is 0.361 e. The first-order valence-corrected chi connectivity index (χ1v) is 14.0. The normalized spacial score (nSPS) is 11.0. The Kier molecular flexibility index (Phi) is 10.3. The predicted octanol–water partition coefficient (Wildman–Crippen LogP) is 11.0. The molecule has 0 N–H and O–H groups in total. The fraction of sp³-hybridized carbons (Fsp3) is 0.343. The van der Waals surface area contributed by atoms with Gasteiger partial charge < -0.3 is 0 Å². The van der Waals surface area contributed by atoms with Crippen LogP contribution >= 0.6 is 0 Å². The highest BCUT2D eigenvalue weighted by molar-refractivity contribution is 5.74. The monoisotopic (exact) mass is 477 g/mol. The average Bonchev–Trinajstić information content (AvgIpc) is 2.95. The van der Waals surface area contributed by atoms with Crippen molar-refractivity contribution in [1.82, 2.24) is 0 Å². The van der Waals surface area contributed by atoms with Gasteiger partial charge in [0.2, 0.25) is 0 Å². The summed E-state index contributed by atoms with van der Waals surface area (Å²) in [7, 11) is 0. The highest BCUT2D eigenvalue weighted by Crippen LogP contribution is 2.33. The van der Waals surface area contributed by atoms with E-state index >= 15 is 0 Å². The smallest absolute Gasteiger partial charge is 0.207 e. The lowest BCUT2D eigenvalue weighted by Gasteiger charge is -2.06. The second-order valence-corrected chi connectivity index (χ2v) is 9.94. The van der Waals surface area contributed by atoms with Crippen LogP contribution in [0.25, 0.3) is 33.8 Å². The Labute approximate surface area is 218 Å². The van der Waals surface area contributed by atoms with E-state index < -0.39 is 0 Å². The molecule has 0 atom stereocenters. The zero-order valence-corrected chi connectivity index (χ0v) is 21.9. The standard InChI is InChI=1S/C35H41O/c1-2-3-4-5-6-7-8-9-10-13-18-29-23-25-30(26-24-29)33-27-34(31-19-14-11-15-20-31)36-35(28-33)32-21-16-12-17-22-32/h11-12,14-17,19-28H,2-10,13,18H2,1H3/q+1. The Hall–Kier alpha value is -3.19. The summed E-state index contributed by atoms with van der Waals surface area (Å²) >= 11 is 0. The van der Waals surface area contributed by atoms with Crippen molar-refractivity contribution in [2.45, 2.75) is 77.6 Å². The lowest BCUT2D eigenvalue weighted by Crippen LogP contribution is -1.89. The van der Waals surface area contributed by atoms with Crippen LogP contribution in [-0.4, -0.2) is 0 Å². The molecule has 36 heavy (non-hydrogen) atoms. The predicted molar refractivity (Wildman–Crippen MR) is 155 cm³/mol. The number of hydrogen-bond donors (Lipinski definition) is 0. The first-order valence-electron chi connectivity index (χ1n) is 14.0. The summed E-state index contributed by atoms with van der Waals surface area (Å²) in [6.07, 6.45) is 15.0. The lowest BCUT2D eigenvalue weighted by atomic mass is 9.99. The summed E-state index contributed by atoms with van der Waals surface area (Å²) in [5.41, 5.74) is 6.03. The van der Waals surface area contributed by atoms with E-state index in [0.717, 1.165) is 22.6 Å². The van der Waals surface area contributed by atoms with Crippen LogP contribution in [0, 0.1) is 0 Å². The molecular formula is C35H41O+. The summed E-state index contributed by atoms with van der Waals surface area (Å²) in [4.78, 5) is 0. The molecule has 0 spiro atoms. The maximum atomic E-state index is 6.35. The van der Waals surface area contributed by atoms with Crippen LogP contribution in [0.15, 0.2) is 101 Å². The van der Waals surface area contributed by atoms with Crippen LogP contribution in [0.3, 0.4) is 0 Å². The average molecular weight is 478 g/mol. The van der Waals surface area contributed by atoms with E-state index in [1.165, 1.54) is 87.3 Å². The molecule has 1 nitrogen and oxygen atoms in total. The van der Waals surface area contributed by atoms with E-state index in [0.29, 0.717) is 0 Å². The third-order valence-electron chi connectivity index (χ3n) is 7.02. The van der Waals surface area contributed by atoms with Crippen molar-refractivity contribution in [2.24, 2.45) is 0 Å². The minimum atomic E-state index is 0.890. The minimum absolute atomic E-state index is 0.890. The van der Waals surface area contributed by atoms with E-state index in [1.54, 1.807) is 0 Å². The van der Waals surface area contributed by atoms with E-state index in [9.17, 15) is 0 Å². The van der Waals surface area contributed by atoms with Crippen molar-refractivity contribution < 1.29 is 4.42 Å². The molecule has 0 amide bonds. The van der Waals surface area contributed by atoms with Crippen molar-refractivity contribution in [1.29, 1.82) is 0 Å². The minimum Gasteiger partial charge on any atom is -0.207 e. The number of benzene rings is 3. The van der Waals surface area contributed by atoms with Crippen LogP contribution in [0.1, 0.15) is 76.7 Å². The van der Waals surface area contributed by atoms with Crippen LogP contribution in [0.4, 0.5) is 0 Å². The van der Waals surface area contributed by atoms with E-state index in [4.69, 9.17) is 4.42 Å². The highest BCUT2D eigenvalue weighted by atomic mass is 16.3. The molecule has 1 aromatic heterocycles. The highest BCUT2D eigenvalue weighted by Gasteiger charge is 2.20. The van der Waals surface area contributed by atoms with E-state index in [2.05, 4.69) is 91.9 Å². The van der Waals surface area contributed by atoms with Gasteiger partial charge in [0, 0.05) is 5.56 Å². The third-order valence-corrected chi connectivity index (χ3v) is 7.02. The van der Waals surface area contributed by atoms with Crippen molar-refractivity contribution in [3.05, 3.63) is 103 Å². The molecule has 0 saturated carbocycles. The zero-order valence-electron chi connectivity index (χ0n) is 21.9. The molecule has 0 aliphatic carbocycles. The number of hydrogen-bond acceptors (Lipinski definition) is 0. The number of unbranched alkanes of at least 4 members (excludes halogenated alkanes) is 9. The quantitative estimate of drug-likeness (QED) is 0.130. The van der Waals surface area contributed by atoms with Crippen molar-refractivity contribution in [3.63, 3.8) is 0 Å². The SMILES string of the molecule is CCCCCCCCCCCCc1ccc(-c2cc(-c3ccccc3)[o+]c(-c3ccccc3)c2)cc1. The molecule has 1 heteroatoms. The maximum absolute atomic E-state index is 6.35. The first kappa shape index (κ1) is 25.9. The van der Waals surface area contributed by atoms with Crippen molar-refractivity contribution in [3.8, 4) is 33.8 Å².